The SMILES string of the molecule is CC(C)(C)c1ccc(N(c2ccc(C(C)(C)C)cc2)c2cc3c(cc2-c2ccccc2)B2c4sc5ccc(C(C)(C)C)cc5c4Oc4cc(-c5ccccc5)cc(c42)S3)cc1. The highest BCUT2D eigenvalue weighted by Crippen LogP contribution is 2.48. The normalized spacial score (nSPS) is 13.4. The van der Waals surface area contributed by atoms with Crippen molar-refractivity contribution in [2.45, 2.75) is 88.3 Å². The Balaban J connectivity index is 1.24. The van der Waals surface area contributed by atoms with Crippen molar-refractivity contribution in [1.29, 1.82) is 0 Å². The van der Waals surface area contributed by atoms with Crippen LogP contribution in [0.15, 0.2) is 161 Å². The molecule has 1 aromatic heterocycles. The van der Waals surface area contributed by atoms with Gasteiger partial charge in [-0.15, -0.1) is 11.3 Å². The maximum Gasteiger partial charge on any atom is 0.266 e. The Labute approximate surface area is 370 Å². The average Bonchev–Trinajstić information content (AvgIpc) is 3.61. The molecule has 302 valence electrons. The number of nitrogens with zero attached hydrogens (tertiary/aromatic N) is 1. The van der Waals surface area contributed by atoms with Gasteiger partial charge in [0.1, 0.15) is 11.5 Å². The van der Waals surface area contributed by atoms with Crippen molar-refractivity contribution < 1.29 is 4.74 Å². The van der Waals surface area contributed by atoms with Crippen molar-refractivity contribution in [3.05, 3.63) is 168 Å². The Kier molecular flexibility index (Phi) is 9.47. The molecule has 10 rings (SSSR count). The lowest BCUT2D eigenvalue weighted by Gasteiger charge is -2.35. The molecule has 2 nitrogen and oxygen atoms in total. The predicted octanol–water partition coefficient (Wildman–Crippen LogP) is 14.7. The first-order valence-electron chi connectivity index (χ1n) is 21.5. The van der Waals surface area contributed by atoms with Gasteiger partial charge >= 0.3 is 0 Å². The number of rotatable bonds is 5. The molecule has 0 saturated heterocycles. The first kappa shape index (κ1) is 39.6. The van der Waals surface area contributed by atoms with Crippen LogP contribution < -0.4 is 25.3 Å². The van der Waals surface area contributed by atoms with Gasteiger partial charge in [-0.2, -0.15) is 0 Å². The second-order valence-corrected chi connectivity index (χ2v) is 22.0. The zero-order chi connectivity index (χ0) is 42.4. The lowest BCUT2D eigenvalue weighted by atomic mass is 9.38. The van der Waals surface area contributed by atoms with E-state index in [1.165, 1.54) is 74.5 Å². The zero-order valence-corrected chi connectivity index (χ0v) is 38.3. The van der Waals surface area contributed by atoms with Crippen LogP contribution in [0.1, 0.15) is 79.0 Å². The number of ether oxygens (including phenoxy) is 1. The molecular formula is C56H52BNOS2. The molecule has 8 aromatic rings. The summed E-state index contributed by atoms with van der Waals surface area (Å²) in [5, 5.41) is 1.20. The average molecular weight is 830 g/mol. The molecule has 61 heavy (non-hydrogen) atoms. The van der Waals surface area contributed by atoms with Gasteiger partial charge in [0.05, 0.1) is 5.69 Å². The summed E-state index contributed by atoms with van der Waals surface area (Å²) < 4.78 is 9.71. The molecule has 3 heterocycles. The fraction of sp³-hybridized carbons (Fsp3) is 0.214. The summed E-state index contributed by atoms with van der Waals surface area (Å²) in [6.45, 7) is 20.6. The van der Waals surface area contributed by atoms with Gasteiger partial charge in [-0.3, -0.25) is 0 Å². The van der Waals surface area contributed by atoms with Crippen molar-refractivity contribution in [3.8, 4) is 33.8 Å². The van der Waals surface area contributed by atoms with Gasteiger partial charge in [-0.1, -0.05) is 177 Å². The van der Waals surface area contributed by atoms with Crippen LogP contribution in [0, 0.1) is 0 Å². The molecular weight excluding hydrogens is 778 g/mol. The van der Waals surface area contributed by atoms with E-state index in [0.717, 1.165) is 28.6 Å². The molecule has 0 spiro atoms. The van der Waals surface area contributed by atoms with Gasteiger partial charge in [-0.05, 0) is 110 Å². The summed E-state index contributed by atoms with van der Waals surface area (Å²) in [4.78, 5) is 5.00. The van der Waals surface area contributed by atoms with Crippen molar-refractivity contribution in [2.75, 3.05) is 4.90 Å². The van der Waals surface area contributed by atoms with Gasteiger partial charge in [0.25, 0.3) is 6.71 Å². The molecule has 2 aliphatic heterocycles. The van der Waals surface area contributed by atoms with E-state index in [9.17, 15) is 0 Å². The molecule has 0 aliphatic carbocycles. The van der Waals surface area contributed by atoms with Gasteiger partial charge in [0.2, 0.25) is 0 Å². The van der Waals surface area contributed by atoms with E-state index in [0.29, 0.717) is 0 Å². The van der Waals surface area contributed by atoms with Crippen LogP contribution in [0.2, 0.25) is 0 Å². The van der Waals surface area contributed by atoms with Gasteiger partial charge in [0.15, 0.2) is 0 Å². The van der Waals surface area contributed by atoms with E-state index >= 15 is 0 Å². The summed E-state index contributed by atoms with van der Waals surface area (Å²) >= 11 is 3.77. The highest BCUT2D eigenvalue weighted by atomic mass is 32.2. The van der Waals surface area contributed by atoms with Crippen molar-refractivity contribution >= 4 is 72.7 Å². The third kappa shape index (κ3) is 7.10. The molecule has 0 unspecified atom stereocenters. The molecule has 5 heteroatoms. The molecule has 2 aliphatic rings. The summed E-state index contributed by atoms with van der Waals surface area (Å²) in [6, 6.07) is 56.8. The minimum absolute atomic E-state index is 0.0182. The molecule has 0 bridgehead atoms. The molecule has 0 fully saturated rings. The summed E-state index contributed by atoms with van der Waals surface area (Å²) in [5.74, 6) is 1.96. The smallest absolute Gasteiger partial charge is 0.266 e. The van der Waals surface area contributed by atoms with Crippen LogP contribution >= 0.6 is 23.1 Å². The number of benzene rings is 7. The molecule has 0 radical (unpaired) electrons. The van der Waals surface area contributed by atoms with Crippen LogP contribution in [0.25, 0.3) is 32.3 Å². The van der Waals surface area contributed by atoms with E-state index in [1.54, 1.807) is 0 Å². The van der Waals surface area contributed by atoms with Crippen LogP contribution in [-0.2, 0) is 16.2 Å². The first-order chi connectivity index (χ1) is 29.1. The van der Waals surface area contributed by atoms with Crippen molar-refractivity contribution in [1.82, 2.24) is 0 Å². The largest absolute Gasteiger partial charge is 0.457 e. The Hall–Kier alpha value is -5.49. The minimum atomic E-state index is 0.0182. The molecule has 0 atom stereocenters. The van der Waals surface area contributed by atoms with Crippen molar-refractivity contribution in [2.24, 2.45) is 0 Å². The van der Waals surface area contributed by atoms with Crippen LogP contribution in [0.4, 0.5) is 17.1 Å². The number of thiophene rings is 1. The summed E-state index contributed by atoms with van der Waals surface area (Å²) in [5.41, 5.74) is 14.8. The second-order valence-electron chi connectivity index (χ2n) is 19.8. The van der Waals surface area contributed by atoms with Crippen LogP contribution in [0.5, 0.6) is 11.5 Å². The Morgan fingerprint density at radius 3 is 1.64 bits per heavy atom. The van der Waals surface area contributed by atoms with Crippen molar-refractivity contribution in [3.63, 3.8) is 0 Å². The Bertz CT molecular complexity index is 2890. The van der Waals surface area contributed by atoms with Gasteiger partial charge in [-0.25, -0.2) is 0 Å². The lowest BCUT2D eigenvalue weighted by Crippen LogP contribution is -2.56. The quantitative estimate of drug-likeness (QED) is 0.160. The predicted molar refractivity (Wildman–Crippen MR) is 265 cm³/mol. The van der Waals surface area contributed by atoms with Gasteiger partial charge < -0.3 is 9.64 Å². The Morgan fingerprint density at radius 1 is 0.508 bits per heavy atom. The van der Waals surface area contributed by atoms with Crippen LogP contribution in [-0.4, -0.2) is 6.71 Å². The van der Waals surface area contributed by atoms with Gasteiger partial charge in [0, 0.05) is 41.6 Å². The fourth-order valence-corrected chi connectivity index (χ4v) is 11.4. The van der Waals surface area contributed by atoms with E-state index in [-0.39, 0.29) is 23.0 Å². The highest BCUT2D eigenvalue weighted by Gasteiger charge is 2.42. The molecule has 0 saturated carbocycles. The topological polar surface area (TPSA) is 12.5 Å². The summed E-state index contributed by atoms with van der Waals surface area (Å²) in [7, 11) is 0. The number of hydrogen-bond acceptors (Lipinski definition) is 4. The van der Waals surface area contributed by atoms with Crippen LogP contribution in [0.3, 0.4) is 0 Å². The third-order valence-corrected chi connectivity index (χ3v) is 14.8. The number of hydrogen-bond donors (Lipinski definition) is 0. The van der Waals surface area contributed by atoms with E-state index in [4.69, 9.17) is 4.74 Å². The highest BCUT2D eigenvalue weighted by molar-refractivity contribution is 8.00. The lowest BCUT2D eigenvalue weighted by molar-refractivity contribution is 0.493. The monoisotopic (exact) mass is 829 g/mol. The number of fused-ring (bicyclic) bond motifs is 6. The minimum Gasteiger partial charge on any atom is -0.457 e. The van der Waals surface area contributed by atoms with E-state index in [1.807, 2.05) is 23.1 Å². The molecule has 0 N–H and O–H groups in total. The Morgan fingerprint density at radius 2 is 1.07 bits per heavy atom. The first-order valence-corrected chi connectivity index (χ1v) is 23.2. The maximum atomic E-state index is 7.17. The maximum absolute atomic E-state index is 7.17. The standard InChI is InChI=1S/C56H52BNOS2/c1-54(2,3)38-20-25-41(26-21-38)58(42-27-22-39(23-28-42)55(4,5)6)46-34-49-45(33-43(46)36-18-14-11-15-19-36)57-51-47(30-37(31-50(51)60-49)35-16-12-10-13-17-35)59-52-44-32-40(56(7,8)9)24-29-48(44)61-53(52)57/h10-34H,1-9H3. The number of anilines is 3. The third-order valence-electron chi connectivity index (χ3n) is 12.5. The molecule has 0 amide bonds. The van der Waals surface area contributed by atoms with E-state index in [2.05, 4.69) is 219 Å². The zero-order valence-electron chi connectivity index (χ0n) is 36.7. The second kappa shape index (κ2) is 14.6. The van der Waals surface area contributed by atoms with E-state index < -0.39 is 0 Å². The summed E-state index contributed by atoms with van der Waals surface area (Å²) in [6.07, 6.45) is 0. The fourth-order valence-electron chi connectivity index (χ4n) is 8.95. The molecule has 7 aromatic carbocycles.